The Morgan fingerprint density at radius 1 is 0.938 bits per heavy atom. The molecule has 0 radical (unpaired) electrons. The van der Waals surface area contributed by atoms with Crippen LogP contribution < -0.4 is 24.3 Å². The van der Waals surface area contributed by atoms with Gasteiger partial charge in [0.05, 0.1) is 21.3 Å². The Hall–Kier alpha value is -2.97. The first kappa shape index (κ1) is 23.7. The molecule has 1 aliphatic heterocycles. The number of amides is 1. The Morgan fingerprint density at radius 2 is 1.56 bits per heavy atom. The second-order valence-electron chi connectivity index (χ2n) is 7.73. The topological polar surface area (TPSA) is 72.5 Å². The number of likely N-dealkylation sites (N-methyl/N-ethyl adjacent to an activating group) is 1. The summed E-state index contributed by atoms with van der Waals surface area (Å²) in [5.41, 5.74) is 1.42. The van der Waals surface area contributed by atoms with Crippen molar-refractivity contribution in [3.63, 3.8) is 0 Å². The van der Waals surface area contributed by atoms with E-state index in [-0.39, 0.29) is 5.91 Å². The van der Waals surface area contributed by atoms with Crippen LogP contribution in [0, 0.1) is 0 Å². The summed E-state index contributed by atoms with van der Waals surface area (Å²) in [6.07, 6.45) is 0. The quantitative estimate of drug-likeness (QED) is 0.604. The van der Waals surface area contributed by atoms with Crippen LogP contribution >= 0.6 is 0 Å². The van der Waals surface area contributed by atoms with E-state index in [1.165, 1.54) is 21.3 Å². The molecule has 1 heterocycles. The molecule has 0 saturated carbocycles. The van der Waals surface area contributed by atoms with Gasteiger partial charge in [0.15, 0.2) is 11.5 Å². The third-order valence-corrected chi connectivity index (χ3v) is 5.58. The van der Waals surface area contributed by atoms with Crippen LogP contribution in [0.4, 0.5) is 0 Å². The number of ether oxygens (including phenoxy) is 4. The first-order valence-electron chi connectivity index (χ1n) is 10.7. The molecule has 8 heteroatoms. The molecule has 1 aliphatic rings. The standard InChI is InChI=1S/C24H33N3O5/c1-26-9-11-27(12-10-26)13-14-32-20-7-5-18(6-8-20)17-25-24(28)19-15-21(29-2)23(31-4)22(16-19)30-3/h5-8,15-16H,9-14,17H2,1-4H3,(H,25,28). The van der Waals surface area contributed by atoms with Crippen LogP contribution in [0.1, 0.15) is 15.9 Å². The molecule has 0 unspecified atom stereocenters. The molecule has 0 atom stereocenters. The van der Waals surface area contributed by atoms with Gasteiger partial charge in [0.25, 0.3) is 5.91 Å². The van der Waals surface area contributed by atoms with Gasteiger partial charge in [-0.2, -0.15) is 0 Å². The molecule has 0 spiro atoms. The number of hydrogen-bond donors (Lipinski definition) is 1. The van der Waals surface area contributed by atoms with Crippen molar-refractivity contribution in [1.82, 2.24) is 15.1 Å². The highest BCUT2D eigenvalue weighted by Crippen LogP contribution is 2.38. The zero-order chi connectivity index (χ0) is 22.9. The molecule has 32 heavy (non-hydrogen) atoms. The summed E-state index contributed by atoms with van der Waals surface area (Å²) in [7, 11) is 6.73. The summed E-state index contributed by atoms with van der Waals surface area (Å²) in [5.74, 6) is 1.94. The maximum atomic E-state index is 12.6. The number of carbonyl (C=O) groups excluding carboxylic acids is 1. The van der Waals surface area contributed by atoms with Gasteiger partial charge >= 0.3 is 0 Å². The van der Waals surface area contributed by atoms with Crippen molar-refractivity contribution < 1.29 is 23.7 Å². The van der Waals surface area contributed by atoms with Gasteiger partial charge in [0, 0.05) is 44.8 Å². The minimum absolute atomic E-state index is 0.225. The van der Waals surface area contributed by atoms with Gasteiger partial charge < -0.3 is 29.2 Å². The lowest BCUT2D eigenvalue weighted by Crippen LogP contribution is -2.45. The smallest absolute Gasteiger partial charge is 0.251 e. The maximum absolute atomic E-state index is 12.6. The largest absolute Gasteiger partial charge is 0.493 e. The summed E-state index contributed by atoms with van der Waals surface area (Å²) in [5, 5.41) is 2.92. The second-order valence-corrected chi connectivity index (χ2v) is 7.73. The van der Waals surface area contributed by atoms with Crippen LogP contribution in [-0.4, -0.2) is 83.4 Å². The monoisotopic (exact) mass is 443 g/mol. The van der Waals surface area contributed by atoms with E-state index >= 15 is 0 Å². The molecule has 1 fully saturated rings. The molecule has 174 valence electrons. The Balaban J connectivity index is 1.49. The number of piperazine rings is 1. The highest BCUT2D eigenvalue weighted by atomic mass is 16.5. The predicted molar refractivity (Wildman–Crippen MR) is 123 cm³/mol. The lowest BCUT2D eigenvalue weighted by Gasteiger charge is -2.32. The molecule has 1 N–H and O–H groups in total. The van der Waals surface area contributed by atoms with E-state index in [0.29, 0.717) is 36.0 Å². The molecule has 2 aromatic rings. The number of nitrogens with zero attached hydrogens (tertiary/aromatic N) is 2. The van der Waals surface area contributed by atoms with Crippen molar-refractivity contribution in [3.8, 4) is 23.0 Å². The molecule has 1 amide bonds. The minimum atomic E-state index is -0.225. The molecule has 2 aromatic carbocycles. The number of hydrogen-bond acceptors (Lipinski definition) is 7. The molecular weight excluding hydrogens is 410 g/mol. The van der Waals surface area contributed by atoms with E-state index in [9.17, 15) is 4.79 Å². The highest BCUT2D eigenvalue weighted by Gasteiger charge is 2.17. The molecule has 0 aliphatic carbocycles. The predicted octanol–water partition coefficient (Wildman–Crippen LogP) is 2.27. The van der Waals surface area contributed by atoms with Gasteiger partial charge in [-0.15, -0.1) is 0 Å². The van der Waals surface area contributed by atoms with E-state index in [4.69, 9.17) is 18.9 Å². The normalized spacial score (nSPS) is 14.6. The van der Waals surface area contributed by atoms with E-state index in [1.807, 2.05) is 24.3 Å². The van der Waals surface area contributed by atoms with Crippen molar-refractivity contribution >= 4 is 5.91 Å². The Kier molecular flexibility index (Phi) is 8.58. The van der Waals surface area contributed by atoms with Crippen LogP contribution in [0.2, 0.25) is 0 Å². The Bertz CT molecular complexity index is 855. The zero-order valence-electron chi connectivity index (χ0n) is 19.3. The second kappa shape index (κ2) is 11.6. The van der Waals surface area contributed by atoms with Crippen LogP contribution in [-0.2, 0) is 6.54 Å². The van der Waals surface area contributed by atoms with E-state index in [0.717, 1.165) is 44.0 Å². The third kappa shape index (κ3) is 6.27. The average molecular weight is 444 g/mol. The van der Waals surface area contributed by atoms with Crippen molar-refractivity contribution in [2.75, 3.05) is 67.7 Å². The van der Waals surface area contributed by atoms with Crippen LogP contribution in [0.15, 0.2) is 36.4 Å². The number of rotatable bonds is 10. The van der Waals surface area contributed by atoms with Crippen molar-refractivity contribution in [1.29, 1.82) is 0 Å². The molecule has 0 aromatic heterocycles. The Labute approximate surface area is 190 Å². The molecule has 1 saturated heterocycles. The van der Waals surface area contributed by atoms with E-state index in [2.05, 4.69) is 22.2 Å². The van der Waals surface area contributed by atoms with Crippen molar-refractivity contribution in [3.05, 3.63) is 47.5 Å². The lowest BCUT2D eigenvalue weighted by molar-refractivity contribution is 0.0950. The number of nitrogens with one attached hydrogen (secondary N) is 1. The van der Waals surface area contributed by atoms with Gasteiger partial charge in [0.2, 0.25) is 5.75 Å². The van der Waals surface area contributed by atoms with Crippen molar-refractivity contribution in [2.24, 2.45) is 0 Å². The average Bonchev–Trinajstić information content (AvgIpc) is 2.83. The molecule has 0 bridgehead atoms. The maximum Gasteiger partial charge on any atom is 0.251 e. The van der Waals surface area contributed by atoms with Crippen LogP contribution in [0.5, 0.6) is 23.0 Å². The van der Waals surface area contributed by atoms with Gasteiger partial charge in [-0.1, -0.05) is 12.1 Å². The number of benzene rings is 2. The third-order valence-electron chi connectivity index (χ3n) is 5.58. The fraction of sp³-hybridized carbons (Fsp3) is 0.458. The number of methoxy groups -OCH3 is 3. The van der Waals surface area contributed by atoms with Gasteiger partial charge in [-0.25, -0.2) is 0 Å². The SMILES string of the molecule is COc1cc(C(=O)NCc2ccc(OCCN3CCN(C)CC3)cc2)cc(OC)c1OC. The summed E-state index contributed by atoms with van der Waals surface area (Å²) in [6.45, 7) is 6.39. The Morgan fingerprint density at radius 3 is 2.12 bits per heavy atom. The summed E-state index contributed by atoms with van der Waals surface area (Å²) >= 11 is 0. The summed E-state index contributed by atoms with van der Waals surface area (Å²) in [4.78, 5) is 17.4. The zero-order valence-corrected chi connectivity index (χ0v) is 19.3. The minimum Gasteiger partial charge on any atom is -0.493 e. The molecular formula is C24H33N3O5. The van der Waals surface area contributed by atoms with Gasteiger partial charge in [0.1, 0.15) is 12.4 Å². The van der Waals surface area contributed by atoms with E-state index in [1.54, 1.807) is 12.1 Å². The van der Waals surface area contributed by atoms with E-state index < -0.39 is 0 Å². The summed E-state index contributed by atoms with van der Waals surface area (Å²) < 4.78 is 21.8. The first-order valence-corrected chi connectivity index (χ1v) is 10.7. The molecule has 8 nitrogen and oxygen atoms in total. The summed E-state index contributed by atoms with van der Waals surface area (Å²) in [6, 6.07) is 11.1. The van der Waals surface area contributed by atoms with Crippen molar-refractivity contribution in [2.45, 2.75) is 6.54 Å². The molecule has 3 rings (SSSR count). The lowest BCUT2D eigenvalue weighted by atomic mass is 10.1. The van der Waals surface area contributed by atoms with Crippen LogP contribution in [0.3, 0.4) is 0 Å². The van der Waals surface area contributed by atoms with Gasteiger partial charge in [-0.05, 0) is 36.9 Å². The number of carbonyl (C=O) groups is 1. The fourth-order valence-electron chi connectivity index (χ4n) is 3.56. The first-order chi connectivity index (χ1) is 15.5. The fourth-order valence-corrected chi connectivity index (χ4v) is 3.56. The van der Waals surface area contributed by atoms with Gasteiger partial charge in [-0.3, -0.25) is 9.69 Å². The van der Waals surface area contributed by atoms with Crippen LogP contribution in [0.25, 0.3) is 0 Å². The highest BCUT2D eigenvalue weighted by molar-refractivity contribution is 5.95.